The van der Waals surface area contributed by atoms with Crippen LogP contribution in [0.3, 0.4) is 0 Å². The second-order valence-corrected chi connectivity index (χ2v) is 9.28. The van der Waals surface area contributed by atoms with Crippen molar-refractivity contribution in [2.75, 3.05) is 5.32 Å². The fourth-order valence-corrected chi connectivity index (χ4v) is 6.13. The number of thiophene rings is 1. The highest BCUT2D eigenvalue weighted by Crippen LogP contribution is 2.45. The Balaban J connectivity index is 1.83. The largest absolute Gasteiger partial charge is 0.324 e. The predicted octanol–water partition coefficient (Wildman–Crippen LogP) is 4.71. The molecular weight excluding hydrogens is 390 g/mol. The second-order valence-electron chi connectivity index (χ2n) is 6.01. The van der Waals surface area contributed by atoms with Crippen molar-refractivity contribution >= 4 is 44.4 Å². The number of hydrogen-bond acceptors (Lipinski definition) is 4. The molecule has 1 aliphatic rings. The molecule has 1 N–H and O–H groups in total. The van der Waals surface area contributed by atoms with Gasteiger partial charge in [0.2, 0.25) is 15.7 Å². The van der Waals surface area contributed by atoms with Gasteiger partial charge in [-0.25, -0.2) is 8.42 Å². The van der Waals surface area contributed by atoms with Crippen molar-refractivity contribution < 1.29 is 13.2 Å². The molecule has 0 saturated carbocycles. The molecule has 132 valence electrons. The van der Waals surface area contributed by atoms with Crippen molar-refractivity contribution in [2.24, 2.45) is 0 Å². The van der Waals surface area contributed by atoms with Crippen molar-refractivity contribution in [3.05, 3.63) is 75.4 Å². The first-order valence-corrected chi connectivity index (χ1v) is 10.7. The average molecular weight is 404 g/mol. The van der Waals surface area contributed by atoms with Gasteiger partial charge in [0.05, 0.1) is 10.6 Å². The Kier molecular flexibility index (Phi) is 4.34. The van der Waals surface area contributed by atoms with E-state index in [2.05, 4.69) is 5.32 Å². The lowest BCUT2D eigenvalue weighted by atomic mass is 9.91. The van der Waals surface area contributed by atoms with Crippen molar-refractivity contribution in [3.63, 3.8) is 0 Å². The molecule has 4 rings (SSSR count). The standard InChI is InChI=1S/C19H14ClNO3S2/c20-13-6-8-14(9-7-13)26(23,24)16-11-25-19-15(10-17(22)21-18(16)19)12-4-2-1-3-5-12/h1-9,11,15H,10H2,(H,21,22)/t15-/m0/s1. The van der Waals surface area contributed by atoms with Gasteiger partial charge in [0.15, 0.2) is 0 Å². The van der Waals surface area contributed by atoms with Crippen LogP contribution in [-0.2, 0) is 14.6 Å². The molecule has 4 nitrogen and oxygen atoms in total. The minimum absolute atomic E-state index is 0.133. The summed E-state index contributed by atoms with van der Waals surface area (Å²) < 4.78 is 26.1. The number of sulfone groups is 1. The lowest BCUT2D eigenvalue weighted by Gasteiger charge is -2.23. The first-order chi connectivity index (χ1) is 12.5. The van der Waals surface area contributed by atoms with Crippen molar-refractivity contribution in [2.45, 2.75) is 22.1 Å². The summed E-state index contributed by atoms with van der Waals surface area (Å²) in [4.78, 5) is 13.4. The Labute approximate surface area is 160 Å². The second kappa shape index (κ2) is 6.54. The smallest absolute Gasteiger partial charge is 0.225 e. The zero-order valence-corrected chi connectivity index (χ0v) is 15.9. The number of amides is 1. The molecule has 0 fully saturated rings. The summed E-state index contributed by atoms with van der Waals surface area (Å²) in [7, 11) is -3.75. The van der Waals surface area contributed by atoms with Gasteiger partial charge in [-0.1, -0.05) is 41.9 Å². The topological polar surface area (TPSA) is 63.2 Å². The summed E-state index contributed by atoms with van der Waals surface area (Å²) in [5.41, 5.74) is 1.40. The monoisotopic (exact) mass is 403 g/mol. The molecule has 0 saturated heterocycles. The normalized spacial score (nSPS) is 16.8. The molecule has 0 unspecified atom stereocenters. The molecule has 2 aromatic carbocycles. The van der Waals surface area contributed by atoms with Crippen LogP contribution in [0.1, 0.15) is 22.8 Å². The van der Waals surface area contributed by atoms with Gasteiger partial charge >= 0.3 is 0 Å². The Bertz CT molecular complexity index is 1070. The molecule has 26 heavy (non-hydrogen) atoms. The zero-order chi connectivity index (χ0) is 18.3. The van der Waals surface area contributed by atoms with Gasteiger partial charge in [0, 0.05) is 27.6 Å². The lowest BCUT2D eigenvalue weighted by molar-refractivity contribution is -0.116. The Morgan fingerprint density at radius 3 is 2.42 bits per heavy atom. The van der Waals surface area contributed by atoms with E-state index in [1.54, 1.807) is 17.5 Å². The molecular formula is C19H14ClNO3S2. The van der Waals surface area contributed by atoms with E-state index in [4.69, 9.17) is 11.6 Å². The van der Waals surface area contributed by atoms with Gasteiger partial charge in [-0.3, -0.25) is 4.79 Å². The maximum atomic E-state index is 13.0. The molecule has 1 amide bonds. The summed E-state index contributed by atoms with van der Waals surface area (Å²) >= 11 is 7.22. The maximum absolute atomic E-state index is 13.0. The van der Waals surface area contributed by atoms with Crippen LogP contribution < -0.4 is 5.32 Å². The van der Waals surface area contributed by atoms with E-state index >= 15 is 0 Å². The van der Waals surface area contributed by atoms with Gasteiger partial charge in [-0.05, 0) is 29.8 Å². The Morgan fingerprint density at radius 2 is 1.73 bits per heavy atom. The fourth-order valence-electron chi connectivity index (χ4n) is 3.10. The Morgan fingerprint density at radius 1 is 1.04 bits per heavy atom. The molecule has 1 aliphatic heterocycles. The van der Waals surface area contributed by atoms with Crippen molar-refractivity contribution in [1.29, 1.82) is 0 Å². The number of nitrogens with one attached hydrogen (secondary N) is 1. The summed E-state index contributed by atoms with van der Waals surface area (Å²) in [6.07, 6.45) is 0.304. The van der Waals surface area contributed by atoms with E-state index in [9.17, 15) is 13.2 Å². The number of fused-ring (bicyclic) bond motifs is 1. The van der Waals surface area contributed by atoms with Crippen LogP contribution in [0.4, 0.5) is 5.69 Å². The van der Waals surface area contributed by atoms with E-state index in [-0.39, 0.29) is 21.6 Å². The molecule has 1 atom stereocenters. The molecule has 7 heteroatoms. The number of carbonyl (C=O) groups is 1. The third kappa shape index (κ3) is 2.94. The van der Waals surface area contributed by atoms with Crippen LogP contribution in [0.2, 0.25) is 5.02 Å². The minimum atomic E-state index is -3.75. The number of halogens is 1. The van der Waals surface area contributed by atoms with Crippen LogP contribution in [0.5, 0.6) is 0 Å². The molecule has 3 aromatic rings. The first kappa shape index (κ1) is 17.3. The number of carbonyl (C=O) groups excluding carboxylic acids is 1. The molecule has 0 spiro atoms. The first-order valence-electron chi connectivity index (χ1n) is 7.93. The Hall–Kier alpha value is -2.15. The summed E-state index contributed by atoms with van der Waals surface area (Å²) in [6.45, 7) is 0. The van der Waals surface area contributed by atoms with Crippen LogP contribution in [0.25, 0.3) is 0 Å². The highest BCUT2D eigenvalue weighted by atomic mass is 35.5. The van der Waals surface area contributed by atoms with Crippen LogP contribution in [0, 0.1) is 0 Å². The van der Waals surface area contributed by atoms with Crippen molar-refractivity contribution in [3.8, 4) is 0 Å². The van der Waals surface area contributed by atoms with Gasteiger partial charge in [-0.2, -0.15) is 0 Å². The maximum Gasteiger partial charge on any atom is 0.225 e. The quantitative estimate of drug-likeness (QED) is 0.688. The highest BCUT2D eigenvalue weighted by molar-refractivity contribution is 7.91. The molecule has 0 aliphatic carbocycles. The van der Waals surface area contributed by atoms with Gasteiger partial charge < -0.3 is 5.32 Å². The SMILES string of the molecule is O=C1C[C@@H](c2ccccc2)c2scc(S(=O)(=O)c3ccc(Cl)cc3)c2N1. The van der Waals surface area contributed by atoms with Gasteiger partial charge in [0.1, 0.15) is 4.90 Å². The number of benzene rings is 2. The fraction of sp³-hybridized carbons (Fsp3) is 0.105. The highest BCUT2D eigenvalue weighted by Gasteiger charge is 2.34. The van der Waals surface area contributed by atoms with Crippen molar-refractivity contribution in [1.82, 2.24) is 0 Å². The van der Waals surface area contributed by atoms with E-state index in [0.29, 0.717) is 17.1 Å². The third-order valence-corrected chi connectivity index (χ3v) is 7.66. The van der Waals surface area contributed by atoms with E-state index in [1.165, 1.54) is 23.5 Å². The summed E-state index contributed by atoms with van der Waals surface area (Å²) in [6, 6.07) is 15.7. The zero-order valence-electron chi connectivity index (χ0n) is 13.5. The summed E-state index contributed by atoms with van der Waals surface area (Å²) in [5, 5.41) is 4.84. The molecule has 1 aromatic heterocycles. The lowest BCUT2D eigenvalue weighted by Crippen LogP contribution is -2.23. The van der Waals surface area contributed by atoms with Gasteiger partial charge in [0.25, 0.3) is 0 Å². The van der Waals surface area contributed by atoms with E-state index in [0.717, 1.165) is 10.4 Å². The third-order valence-electron chi connectivity index (χ3n) is 4.37. The van der Waals surface area contributed by atoms with Crippen LogP contribution in [-0.4, -0.2) is 14.3 Å². The number of rotatable bonds is 3. The molecule has 2 heterocycles. The average Bonchev–Trinajstić information content (AvgIpc) is 3.06. The van der Waals surface area contributed by atoms with E-state index in [1.807, 2.05) is 30.3 Å². The molecule has 0 radical (unpaired) electrons. The molecule has 0 bridgehead atoms. The predicted molar refractivity (Wildman–Crippen MR) is 103 cm³/mol. The minimum Gasteiger partial charge on any atom is -0.324 e. The van der Waals surface area contributed by atoms with Gasteiger partial charge in [-0.15, -0.1) is 11.3 Å². The van der Waals surface area contributed by atoms with Crippen LogP contribution >= 0.6 is 22.9 Å². The summed E-state index contributed by atoms with van der Waals surface area (Å²) in [5.74, 6) is -0.323. The number of hydrogen-bond donors (Lipinski definition) is 1. The van der Waals surface area contributed by atoms with E-state index < -0.39 is 9.84 Å². The van der Waals surface area contributed by atoms with Crippen LogP contribution in [0.15, 0.2) is 69.8 Å². The number of anilines is 1.